The first-order valence-electron chi connectivity index (χ1n) is 10.9. The average molecular weight is 431 g/mol. The van der Waals surface area contributed by atoms with E-state index in [-0.39, 0.29) is 11.1 Å². The number of aryl methyl sites for hydroxylation is 2. The second-order valence-electron chi connectivity index (χ2n) is 8.03. The lowest BCUT2D eigenvalue weighted by Gasteiger charge is -2.13. The molecule has 33 heavy (non-hydrogen) atoms. The number of hydrogen-bond donors (Lipinski definition) is 0. The molecule has 0 atom stereocenters. The van der Waals surface area contributed by atoms with Gasteiger partial charge >= 0.3 is 0 Å². The molecule has 0 fully saturated rings. The topological polar surface area (TPSA) is 54.5 Å². The molecule has 0 saturated carbocycles. The van der Waals surface area contributed by atoms with E-state index in [1.165, 1.54) is 5.56 Å². The molecular weight excluding hydrogens is 410 g/mol. The van der Waals surface area contributed by atoms with Crippen LogP contribution in [0, 0.1) is 0 Å². The van der Waals surface area contributed by atoms with Crippen LogP contribution in [0.1, 0.15) is 42.2 Å². The molecule has 0 unspecified atom stereocenters. The number of benzene rings is 4. The summed E-state index contributed by atoms with van der Waals surface area (Å²) in [6.45, 7) is 0. The van der Waals surface area contributed by atoms with Crippen molar-refractivity contribution in [3.8, 4) is 11.1 Å². The minimum absolute atomic E-state index is 0.259. The SMILES string of the molecule is O=C(c1ccc(CCc2ccccc2)cc1)N1C(=O)c2cccc(-c3ccccc3)c2C1=O. The van der Waals surface area contributed by atoms with E-state index in [2.05, 4.69) is 12.1 Å². The first-order valence-corrected chi connectivity index (χ1v) is 10.9. The van der Waals surface area contributed by atoms with Gasteiger partial charge in [0.1, 0.15) is 0 Å². The zero-order chi connectivity index (χ0) is 22.8. The molecule has 3 amide bonds. The summed E-state index contributed by atoms with van der Waals surface area (Å²) >= 11 is 0. The highest BCUT2D eigenvalue weighted by molar-refractivity contribution is 6.32. The summed E-state index contributed by atoms with van der Waals surface area (Å²) in [5.74, 6) is -1.76. The number of imide groups is 3. The molecule has 4 aromatic rings. The molecule has 4 aromatic carbocycles. The molecule has 1 heterocycles. The van der Waals surface area contributed by atoms with Crippen LogP contribution in [0.4, 0.5) is 0 Å². The minimum Gasteiger partial charge on any atom is -0.268 e. The van der Waals surface area contributed by atoms with Crippen LogP contribution in [-0.4, -0.2) is 22.6 Å². The van der Waals surface area contributed by atoms with Crippen molar-refractivity contribution in [1.82, 2.24) is 4.90 Å². The molecule has 5 rings (SSSR count). The van der Waals surface area contributed by atoms with Crippen molar-refractivity contribution in [2.45, 2.75) is 12.8 Å². The van der Waals surface area contributed by atoms with Gasteiger partial charge in [0.05, 0.1) is 11.1 Å². The van der Waals surface area contributed by atoms with Crippen molar-refractivity contribution >= 4 is 17.7 Å². The molecule has 0 spiro atoms. The summed E-state index contributed by atoms with van der Waals surface area (Å²) in [5, 5.41) is 0. The van der Waals surface area contributed by atoms with Crippen LogP contribution in [0.3, 0.4) is 0 Å². The summed E-state index contributed by atoms with van der Waals surface area (Å²) < 4.78 is 0. The van der Waals surface area contributed by atoms with Gasteiger partial charge < -0.3 is 0 Å². The third-order valence-electron chi connectivity index (χ3n) is 5.95. The van der Waals surface area contributed by atoms with Gasteiger partial charge in [-0.05, 0) is 53.3 Å². The number of nitrogens with zero attached hydrogens (tertiary/aromatic N) is 1. The number of carbonyl (C=O) groups is 3. The maximum Gasteiger partial charge on any atom is 0.269 e. The van der Waals surface area contributed by atoms with Crippen molar-refractivity contribution in [1.29, 1.82) is 0 Å². The molecule has 0 radical (unpaired) electrons. The first kappa shape index (κ1) is 20.6. The number of fused-ring (bicyclic) bond motifs is 1. The Balaban J connectivity index is 1.38. The Bertz CT molecular complexity index is 1340. The van der Waals surface area contributed by atoms with Crippen LogP contribution in [-0.2, 0) is 12.8 Å². The molecule has 160 valence electrons. The molecule has 0 aromatic heterocycles. The second-order valence-corrected chi connectivity index (χ2v) is 8.03. The van der Waals surface area contributed by atoms with Gasteiger partial charge in [0.25, 0.3) is 17.7 Å². The molecule has 0 aliphatic carbocycles. The summed E-state index contributed by atoms with van der Waals surface area (Å²) in [6.07, 6.45) is 1.74. The Morgan fingerprint density at radius 1 is 0.576 bits per heavy atom. The smallest absolute Gasteiger partial charge is 0.268 e. The number of rotatable bonds is 5. The van der Waals surface area contributed by atoms with Crippen LogP contribution in [0.2, 0.25) is 0 Å². The van der Waals surface area contributed by atoms with Crippen LogP contribution >= 0.6 is 0 Å². The van der Waals surface area contributed by atoms with Gasteiger partial charge in [-0.25, -0.2) is 4.90 Å². The molecule has 1 aliphatic heterocycles. The fourth-order valence-corrected chi connectivity index (χ4v) is 4.20. The predicted octanol–water partition coefficient (Wildman–Crippen LogP) is 5.58. The van der Waals surface area contributed by atoms with Gasteiger partial charge in [-0.2, -0.15) is 0 Å². The average Bonchev–Trinajstić information content (AvgIpc) is 3.13. The normalized spacial score (nSPS) is 12.7. The van der Waals surface area contributed by atoms with E-state index in [0.29, 0.717) is 11.1 Å². The van der Waals surface area contributed by atoms with Crippen molar-refractivity contribution in [3.05, 3.63) is 131 Å². The second kappa shape index (κ2) is 8.67. The monoisotopic (exact) mass is 431 g/mol. The lowest BCUT2D eigenvalue weighted by atomic mass is 9.97. The maximum atomic E-state index is 13.2. The van der Waals surface area contributed by atoms with Gasteiger partial charge in [0, 0.05) is 5.56 Å². The number of carbonyl (C=O) groups excluding carboxylic acids is 3. The van der Waals surface area contributed by atoms with E-state index in [0.717, 1.165) is 28.9 Å². The van der Waals surface area contributed by atoms with Crippen molar-refractivity contribution in [2.75, 3.05) is 0 Å². The molecule has 0 bridgehead atoms. The number of hydrogen-bond acceptors (Lipinski definition) is 3. The fourth-order valence-electron chi connectivity index (χ4n) is 4.20. The summed E-state index contributed by atoms with van der Waals surface area (Å²) in [7, 11) is 0. The Morgan fingerprint density at radius 2 is 1.15 bits per heavy atom. The van der Waals surface area contributed by atoms with Gasteiger partial charge in [0.15, 0.2) is 0 Å². The molecule has 4 nitrogen and oxygen atoms in total. The third-order valence-corrected chi connectivity index (χ3v) is 5.95. The first-order chi connectivity index (χ1) is 16.1. The Labute approximate surface area is 192 Å². The molecule has 4 heteroatoms. The van der Waals surface area contributed by atoms with Crippen molar-refractivity contribution < 1.29 is 14.4 Å². The van der Waals surface area contributed by atoms with Gasteiger partial charge in [-0.1, -0.05) is 84.9 Å². The number of amides is 3. The van der Waals surface area contributed by atoms with Crippen LogP contribution in [0.15, 0.2) is 103 Å². The zero-order valence-electron chi connectivity index (χ0n) is 17.9. The van der Waals surface area contributed by atoms with Crippen molar-refractivity contribution in [3.63, 3.8) is 0 Å². The fraction of sp³-hybridized carbons (Fsp3) is 0.0690. The zero-order valence-corrected chi connectivity index (χ0v) is 17.9. The molecular formula is C29H21NO3. The van der Waals surface area contributed by atoms with E-state index >= 15 is 0 Å². The van der Waals surface area contributed by atoms with Crippen LogP contribution in [0.25, 0.3) is 11.1 Å². The van der Waals surface area contributed by atoms with E-state index < -0.39 is 17.7 Å². The molecule has 0 saturated heterocycles. The predicted molar refractivity (Wildman–Crippen MR) is 127 cm³/mol. The Hall–Kier alpha value is -4.31. The highest BCUT2D eigenvalue weighted by Crippen LogP contribution is 2.33. The minimum atomic E-state index is -0.602. The van der Waals surface area contributed by atoms with E-state index in [1.807, 2.05) is 60.7 Å². The van der Waals surface area contributed by atoms with Crippen LogP contribution < -0.4 is 0 Å². The molecule has 1 aliphatic rings. The molecule has 0 N–H and O–H groups in total. The Morgan fingerprint density at radius 3 is 1.82 bits per heavy atom. The standard InChI is InChI=1S/C29H21NO3/c31-27(23-18-16-21(17-19-23)15-14-20-8-3-1-4-9-20)30-28(32)25-13-7-12-24(26(25)29(30)33)22-10-5-2-6-11-22/h1-13,16-19H,14-15H2. The maximum absolute atomic E-state index is 13.2. The quantitative estimate of drug-likeness (QED) is 0.388. The highest BCUT2D eigenvalue weighted by atomic mass is 16.2. The van der Waals surface area contributed by atoms with E-state index in [1.54, 1.807) is 30.3 Å². The third kappa shape index (κ3) is 3.87. The van der Waals surface area contributed by atoms with Gasteiger partial charge in [0.2, 0.25) is 0 Å². The highest BCUT2D eigenvalue weighted by Gasteiger charge is 2.41. The summed E-state index contributed by atoms with van der Waals surface area (Å²) in [5.41, 5.74) is 4.66. The van der Waals surface area contributed by atoms with Gasteiger partial charge in [-0.15, -0.1) is 0 Å². The van der Waals surface area contributed by atoms with E-state index in [4.69, 9.17) is 0 Å². The van der Waals surface area contributed by atoms with Crippen LogP contribution in [0.5, 0.6) is 0 Å². The van der Waals surface area contributed by atoms with Crippen molar-refractivity contribution in [2.24, 2.45) is 0 Å². The van der Waals surface area contributed by atoms with Gasteiger partial charge in [-0.3, -0.25) is 14.4 Å². The summed E-state index contributed by atoms with van der Waals surface area (Å²) in [4.78, 5) is 40.2. The van der Waals surface area contributed by atoms with E-state index in [9.17, 15) is 14.4 Å². The Kier molecular flexibility index (Phi) is 5.41. The lowest BCUT2D eigenvalue weighted by molar-refractivity contribution is 0.0566. The lowest BCUT2D eigenvalue weighted by Crippen LogP contribution is -2.36. The summed E-state index contributed by atoms with van der Waals surface area (Å²) in [6, 6.07) is 31.9. The largest absolute Gasteiger partial charge is 0.269 e.